The Hall–Kier alpha value is -4.11. The molecule has 1 aromatic heterocycles. The van der Waals surface area contributed by atoms with E-state index in [0.717, 1.165) is 9.87 Å². The molecule has 0 fully saturated rings. The highest BCUT2D eigenvalue weighted by molar-refractivity contribution is 7.92. The first-order valence-electron chi connectivity index (χ1n) is 10.5. The van der Waals surface area contributed by atoms with Crippen LogP contribution >= 0.6 is 0 Å². The van der Waals surface area contributed by atoms with Crippen molar-refractivity contribution in [2.24, 2.45) is 7.05 Å². The van der Waals surface area contributed by atoms with Crippen LogP contribution in [-0.4, -0.2) is 31.2 Å². The molecule has 0 unspecified atom stereocenters. The van der Waals surface area contributed by atoms with E-state index >= 15 is 0 Å². The molecule has 174 valence electrons. The molecule has 4 aromatic rings. The van der Waals surface area contributed by atoms with Crippen LogP contribution in [0.4, 0.5) is 11.5 Å². The molecule has 1 heterocycles. The van der Waals surface area contributed by atoms with Crippen LogP contribution in [0.5, 0.6) is 11.5 Å². The van der Waals surface area contributed by atoms with Crippen molar-refractivity contribution in [1.29, 1.82) is 0 Å². The number of nitrogens with one attached hydrogen (secondary N) is 1. The Morgan fingerprint density at radius 3 is 2.32 bits per heavy atom. The summed E-state index contributed by atoms with van der Waals surface area (Å²) in [5.41, 5.74) is 1.49. The number of nitrogens with zero attached hydrogens (tertiary/aromatic N) is 3. The van der Waals surface area contributed by atoms with Crippen molar-refractivity contribution < 1.29 is 17.9 Å². The van der Waals surface area contributed by atoms with Gasteiger partial charge in [-0.15, -0.1) is 0 Å². The lowest BCUT2D eigenvalue weighted by atomic mass is 10.2. The van der Waals surface area contributed by atoms with Crippen LogP contribution in [0.2, 0.25) is 0 Å². The van der Waals surface area contributed by atoms with E-state index in [1.807, 2.05) is 37.3 Å². The SMILES string of the molecule is Cc1ccc(S(=O)(=O)N(C)c2c(C(=O)Nc3ccccc3Oc3ccccc3)cnn2C)cc1. The van der Waals surface area contributed by atoms with Gasteiger partial charge in [-0.2, -0.15) is 5.10 Å². The predicted octanol–water partition coefficient (Wildman–Crippen LogP) is 4.60. The standard InChI is InChI=1S/C25H24N4O4S/c1-18-13-15-20(16-14-18)34(31,32)29(3)25-21(17-26-28(25)2)24(30)27-22-11-7-8-12-23(22)33-19-9-5-4-6-10-19/h4-17H,1-3H3,(H,27,30). The van der Waals surface area contributed by atoms with Gasteiger partial charge in [0, 0.05) is 14.1 Å². The first-order valence-corrected chi connectivity index (χ1v) is 11.9. The summed E-state index contributed by atoms with van der Waals surface area (Å²) in [6.07, 6.45) is 1.34. The lowest BCUT2D eigenvalue weighted by molar-refractivity contribution is 0.102. The number of para-hydroxylation sites is 3. The first kappa shape index (κ1) is 23.1. The molecule has 0 atom stereocenters. The topological polar surface area (TPSA) is 93.5 Å². The van der Waals surface area contributed by atoms with Crippen molar-refractivity contribution in [1.82, 2.24) is 9.78 Å². The molecule has 34 heavy (non-hydrogen) atoms. The maximum absolute atomic E-state index is 13.2. The van der Waals surface area contributed by atoms with Crippen molar-refractivity contribution in [3.8, 4) is 11.5 Å². The zero-order chi connectivity index (χ0) is 24.3. The maximum Gasteiger partial charge on any atom is 0.265 e. The third-order valence-corrected chi connectivity index (χ3v) is 7.00. The van der Waals surface area contributed by atoms with Crippen LogP contribution in [-0.2, 0) is 17.1 Å². The van der Waals surface area contributed by atoms with Gasteiger partial charge in [-0.05, 0) is 43.3 Å². The van der Waals surface area contributed by atoms with Crippen LogP contribution in [0.15, 0.2) is 90.0 Å². The van der Waals surface area contributed by atoms with Crippen LogP contribution in [0.25, 0.3) is 0 Å². The molecule has 0 saturated carbocycles. The van der Waals surface area contributed by atoms with E-state index in [4.69, 9.17) is 4.74 Å². The van der Waals surface area contributed by atoms with Gasteiger partial charge >= 0.3 is 0 Å². The van der Waals surface area contributed by atoms with Gasteiger partial charge < -0.3 is 10.1 Å². The normalized spacial score (nSPS) is 11.1. The molecule has 9 heteroatoms. The first-order chi connectivity index (χ1) is 16.3. The Kier molecular flexibility index (Phi) is 6.38. The molecule has 0 saturated heterocycles. The van der Waals surface area contributed by atoms with Crippen LogP contribution < -0.4 is 14.4 Å². The summed E-state index contributed by atoms with van der Waals surface area (Å²) in [4.78, 5) is 13.3. The molecular formula is C25H24N4O4S. The van der Waals surface area contributed by atoms with E-state index in [-0.39, 0.29) is 16.3 Å². The van der Waals surface area contributed by atoms with Gasteiger partial charge in [0.2, 0.25) is 0 Å². The second-order valence-electron chi connectivity index (χ2n) is 7.66. The fourth-order valence-electron chi connectivity index (χ4n) is 3.41. The van der Waals surface area contributed by atoms with Gasteiger partial charge in [-0.25, -0.2) is 8.42 Å². The minimum absolute atomic E-state index is 0.107. The third-order valence-electron chi connectivity index (χ3n) is 5.24. The second kappa shape index (κ2) is 9.40. The zero-order valence-corrected chi connectivity index (χ0v) is 19.8. The van der Waals surface area contributed by atoms with Gasteiger partial charge in [0.15, 0.2) is 11.6 Å². The fraction of sp³-hybridized carbons (Fsp3) is 0.120. The van der Waals surface area contributed by atoms with Crippen LogP contribution in [0.1, 0.15) is 15.9 Å². The van der Waals surface area contributed by atoms with Crippen LogP contribution in [0.3, 0.4) is 0 Å². The molecule has 0 aliphatic rings. The van der Waals surface area contributed by atoms with E-state index in [1.54, 1.807) is 43.4 Å². The van der Waals surface area contributed by atoms with Gasteiger partial charge in [-0.3, -0.25) is 13.8 Å². The summed E-state index contributed by atoms with van der Waals surface area (Å²) in [5, 5.41) is 6.95. The third kappa shape index (κ3) is 4.65. The number of benzene rings is 3. The highest BCUT2D eigenvalue weighted by Gasteiger charge is 2.29. The Bertz CT molecular complexity index is 1420. The predicted molar refractivity (Wildman–Crippen MR) is 131 cm³/mol. The quantitative estimate of drug-likeness (QED) is 0.421. The van der Waals surface area contributed by atoms with E-state index in [2.05, 4.69) is 10.4 Å². The number of carbonyl (C=O) groups excluding carboxylic acids is 1. The molecule has 0 aliphatic heterocycles. The van der Waals surface area contributed by atoms with Crippen molar-refractivity contribution >= 4 is 27.4 Å². The number of ether oxygens (including phenoxy) is 1. The number of sulfonamides is 1. The number of amides is 1. The number of hydrogen-bond donors (Lipinski definition) is 1. The van der Waals surface area contributed by atoms with Gasteiger partial charge in [-0.1, -0.05) is 48.0 Å². The Morgan fingerprint density at radius 1 is 0.971 bits per heavy atom. The fourth-order valence-corrected chi connectivity index (χ4v) is 4.65. The zero-order valence-electron chi connectivity index (χ0n) is 19.0. The average Bonchev–Trinajstić information content (AvgIpc) is 3.22. The molecular weight excluding hydrogens is 452 g/mol. The summed E-state index contributed by atoms with van der Waals surface area (Å²) < 4.78 is 34.8. The van der Waals surface area contributed by atoms with Crippen LogP contribution in [0, 0.1) is 6.92 Å². The molecule has 0 radical (unpaired) electrons. The van der Waals surface area contributed by atoms with Crippen molar-refractivity contribution in [2.75, 3.05) is 16.7 Å². The summed E-state index contributed by atoms with van der Waals surface area (Å²) in [5.74, 6) is 0.695. The van der Waals surface area contributed by atoms with Gasteiger partial charge in [0.1, 0.15) is 11.3 Å². The molecule has 1 amide bonds. The van der Waals surface area contributed by atoms with E-state index in [9.17, 15) is 13.2 Å². The number of carbonyl (C=O) groups is 1. The smallest absolute Gasteiger partial charge is 0.265 e. The van der Waals surface area contributed by atoms with Crippen molar-refractivity contribution in [3.63, 3.8) is 0 Å². The number of anilines is 2. The van der Waals surface area contributed by atoms with Crippen molar-refractivity contribution in [3.05, 3.63) is 96.2 Å². The van der Waals surface area contributed by atoms with E-state index in [0.29, 0.717) is 17.2 Å². The number of aryl methyl sites for hydroxylation is 2. The molecule has 3 aromatic carbocycles. The minimum Gasteiger partial charge on any atom is -0.455 e. The maximum atomic E-state index is 13.2. The summed E-state index contributed by atoms with van der Waals surface area (Å²) in [6, 6.07) is 22.7. The van der Waals surface area contributed by atoms with E-state index in [1.165, 1.54) is 30.1 Å². The molecule has 0 bridgehead atoms. The largest absolute Gasteiger partial charge is 0.455 e. The lowest BCUT2D eigenvalue weighted by Gasteiger charge is -2.21. The monoisotopic (exact) mass is 476 g/mol. The lowest BCUT2D eigenvalue weighted by Crippen LogP contribution is -2.30. The number of hydrogen-bond acceptors (Lipinski definition) is 5. The second-order valence-corrected chi connectivity index (χ2v) is 9.63. The van der Waals surface area contributed by atoms with Gasteiger partial charge in [0.25, 0.3) is 15.9 Å². The molecule has 0 spiro atoms. The van der Waals surface area contributed by atoms with Gasteiger partial charge in [0.05, 0.1) is 16.8 Å². The Balaban J connectivity index is 1.63. The molecule has 4 rings (SSSR count). The number of rotatable bonds is 7. The Morgan fingerprint density at radius 2 is 1.62 bits per heavy atom. The number of aromatic nitrogens is 2. The minimum atomic E-state index is -3.91. The summed E-state index contributed by atoms with van der Waals surface area (Å²) >= 11 is 0. The summed E-state index contributed by atoms with van der Waals surface area (Å²) in [7, 11) is -0.930. The Labute approximate surface area is 198 Å². The molecule has 0 aliphatic carbocycles. The summed E-state index contributed by atoms with van der Waals surface area (Å²) in [6.45, 7) is 1.88. The highest BCUT2D eigenvalue weighted by atomic mass is 32.2. The molecule has 1 N–H and O–H groups in total. The van der Waals surface area contributed by atoms with Crippen molar-refractivity contribution in [2.45, 2.75) is 11.8 Å². The van der Waals surface area contributed by atoms with E-state index < -0.39 is 15.9 Å². The highest BCUT2D eigenvalue weighted by Crippen LogP contribution is 2.31. The molecule has 8 nitrogen and oxygen atoms in total. The average molecular weight is 477 g/mol.